The molecule has 0 unspecified atom stereocenters. The van der Waals surface area contributed by atoms with E-state index in [0.717, 1.165) is 59.2 Å². The van der Waals surface area contributed by atoms with Crippen LogP contribution in [0.3, 0.4) is 0 Å². The van der Waals surface area contributed by atoms with Crippen LogP contribution in [0.2, 0.25) is 5.02 Å². The van der Waals surface area contributed by atoms with Gasteiger partial charge in [0.25, 0.3) is 0 Å². The first-order valence-electron chi connectivity index (χ1n) is 9.35. The fraction of sp³-hybridized carbons (Fsp3) is 0.227. The number of nitrogens with one attached hydrogen (secondary N) is 2. The second-order valence-corrected chi connectivity index (χ2v) is 8.08. The number of fused-ring (bicyclic) bond motifs is 2. The fourth-order valence-corrected chi connectivity index (χ4v) is 4.40. The summed E-state index contributed by atoms with van der Waals surface area (Å²) >= 11 is 7.70. The molecule has 0 amide bonds. The van der Waals surface area contributed by atoms with Crippen molar-refractivity contribution in [1.82, 2.24) is 10.3 Å². The van der Waals surface area contributed by atoms with E-state index in [1.54, 1.807) is 23.6 Å². The summed E-state index contributed by atoms with van der Waals surface area (Å²) < 4.78 is 14.6. The van der Waals surface area contributed by atoms with Crippen molar-refractivity contribution in [2.45, 2.75) is 19.4 Å². The van der Waals surface area contributed by atoms with Crippen LogP contribution < -0.4 is 10.6 Å². The maximum atomic E-state index is 13.4. The number of anilines is 1. The van der Waals surface area contributed by atoms with Crippen LogP contribution in [-0.2, 0) is 6.54 Å². The van der Waals surface area contributed by atoms with E-state index in [2.05, 4.69) is 21.0 Å². The van der Waals surface area contributed by atoms with Crippen LogP contribution in [-0.4, -0.2) is 18.1 Å². The van der Waals surface area contributed by atoms with Gasteiger partial charge in [-0.15, -0.1) is 11.3 Å². The molecule has 144 valence electrons. The van der Waals surface area contributed by atoms with Crippen molar-refractivity contribution in [1.29, 1.82) is 0 Å². The van der Waals surface area contributed by atoms with Gasteiger partial charge in [0.15, 0.2) is 0 Å². The monoisotopic (exact) mass is 413 g/mol. The molecule has 0 spiro atoms. The van der Waals surface area contributed by atoms with Crippen LogP contribution >= 0.6 is 22.9 Å². The van der Waals surface area contributed by atoms with Crippen molar-refractivity contribution in [2.75, 3.05) is 18.4 Å². The first kappa shape index (κ1) is 19.1. The fourth-order valence-electron chi connectivity index (χ4n) is 3.29. The number of nitrogens with zero attached hydrogens (tertiary/aromatic N) is 1. The zero-order chi connectivity index (χ0) is 19.3. The molecule has 0 aliphatic heterocycles. The Morgan fingerprint density at radius 2 is 1.89 bits per heavy atom. The standard InChI is InChI=1S/C22H21ClFN3S/c23-16-3-5-18-20(7-10-27-21(18)11-16)26-9-2-1-8-25-13-15-14-28-22-6-4-17(24)12-19(15)22/h3-7,10-12,14,25H,1-2,8-9,13H2,(H,26,27). The molecule has 4 aromatic rings. The highest BCUT2D eigenvalue weighted by molar-refractivity contribution is 7.17. The van der Waals surface area contributed by atoms with Crippen molar-refractivity contribution in [3.63, 3.8) is 0 Å². The first-order chi connectivity index (χ1) is 13.7. The summed E-state index contributed by atoms with van der Waals surface area (Å²) in [5.74, 6) is -0.177. The minimum absolute atomic E-state index is 0.177. The molecule has 0 aliphatic rings. The Hall–Kier alpha value is -2.21. The van der Waals surface area contributed by atoms with Gasteiger partial charge in [0.1, 0.15) is 5.82 Å². The molecule has 0 atom stereocenters. The Bertz CT molecular complexity index is 1100. The second kappa shape index (κ2) is 8.86. The summed E-state index contributed by atoms with van der Waals surface area (Å²) in [6, 6.07) is 12.8. The molecule has 0 fully saturated rings. The van der Waals surface area contributed by atoms with Crippen LogP contribution in [0.1, 0.15) is 18.4 Å². The van der Waals surface area contributed by atoms with Crippen molar-refractivity contribution < 1.29 is 4.39 Å². The molecule has 0 aliphatic carbocycles. The second-order valence-electron chi connectivity index (χ2n) is 6.73. The highest BCUT2D eigenvalue weighted by Gasteiger charge is 2.05. The minimum atomic E-state index is -0.177. The zero-order valence-electron chi connectivity index (χ0n) is 15.3. The molecule has 28 heavy (non-hydrogen) atoms. The number of unbranched alkanes of at least 4 members (excludes halogenated alkanes) is 1. The molecule has 3 nitrogen and oxygen atoms in total. The normalized spacial score (nSPS) is 11.4. The summed E-state index contributed by atoms with van der Waals surface area (Å²) in [6.45, 7) is 2.60. The first-order valence-corrected chi connectivity index (χ1v) is 10.6. The molecule has 2 aromatic heterocycles. The van der Waals surface area contributed by atoms with E-state index in [0.29, 0.717) is 5.02 Å². The molecule has 2 N–H and O–H groups in total. The van der Waals surface area contributed by atoms with Gasteiger partial charge in [0, 0.05) is 40.1 Å². The van der Waals surface area contributed by atoms with Gasteiger partial charge in [-0.1, -0.05) is 11.6 Å². The Balaban J connectivity index is 1.22. The van der Waals surface area contributed by atoms with E-state index in [4.69, 9.17) is 11.6 Å². The predicted molar refractivity (Wildman–Crippen MR) is 118 cm³/mol. The topological polar surface area (TPSA) is 37.0 Å². The van der Waals surface area contributed by atoms with Gasteiger partial charge < -0.3 is 10.6 Å². The van der Waals surface area contributed by atoms with Gasteiger partial charge in [-0.05, 0) is 78.2 Å². The number of hydrogen-bond acceptors (Lipinski definition) is 4. The Morgan fingerprint density at radius 1 is 1.00 bits per heavy atom. The average molecular weight is 414 g/mol. The Kier molecular flexibility index (Phi) is 6.05. The van der Waals surface area contributed by atoms with E-state index < -0.39 is 0 Å². The molecule has 2 aromatic carbocycles. The molecule has 0 saturated heterocycles. The summed E-state index contributed by atoms with van der Waals surface area (Å²) in [7, 11) is 0. The number of pyridine rings is 1. The largest absolute Gasteiger partial charge is 0.384 e. The van der Waals surface area contributed by atoms with Crippen LogP contribution in [0.5, 0.6) is 0 Å². The van der Waals surface area contributed by atoms with Crippen molar-refractivity contribution >= 4 is 49.6 Å². The maximum Gasteiger partial charge on any atom is 0.123 e. The van der Waals surface area contributed by atoms with Gasteiger partial charge in [-0.2, -0.15) is 0 Å². The molecular formula is C22H21ClFN3S. The third-order valence-corrected chi connectivity index (χ3v) is 5.98. The average Bonchev–Trinajstić information content (AvgIpc) is 3.09. The molecule has 2 heterocycles. The lowest BCUT2D eigenvalue weighted by molar-refractivity contribution is 0.627. The highest BCUT2D eigenvalue weighted by Crippen LogP contribution is 2.27. The van der Waals surface area contributed by atoms with E-state index in [1.165, 1.54) is 11.6 Å². The van der Waals surface area contributed by atoms with E-state index >= 15 is 0 Å². The lowest BCUT2D eigenvalue weighted by atomic mass is 10.1. The van der Waals surface area contributed by atoms with Crippen molar-refractivity contribution in [3.05, 3.63) is 70.4 Å². The summed E-state index contributed by atoms with van der Waals surface area (Å²) in [4.78, 5) is 4.37. The third kappa shape index (κ3) is 4.43. The smallest absolute Gasteiger partial charge is 0.123 e. The van der Waals surface area contributed by atoms with E-state index in [1.807, 2.05) is 30.3 Å². The molecule has 0 bridgehead atoms. The number of halogens is 2. The number of rotatable bonds is 8. The predicted octanol–water partition coefficient (Wildman–Crippen LogP) is 6.22. The molecule has 4 rings (SSSR count). The van der Waals surface area contributed by atoms with Crippen LogP contribution in [0.4, 0.5) is 10.1 Å². The molecule has 0 radical (unpaired) electrons. The van der Waals surface area contributed by atoms with Gasteiger partial charge in [0.2, 0.25) is 0 Å². The molecule has 0 saturated carbocycles. The summed E-state index contributed by atoms with van der Waals surface area (Å²) in [5, 5.41) is 11.9. The minimum Gasteiger partial charge on any atom is -0.384 e. The van der Waals surface area contributed by atoms with Gasteiger partial charge in [-0.25, -0.2) is 4.39 Å². The number of hydrogen-bond donors (Lipinski definition) is 2. The SMILES string of the molecule is Fc1ccc2scc(CNCCCCNc3ccnc4cc(Cl)ccc34)c2c1. The van der Waals surface area contributed by atoms with Crippen molar-refractivity contribution in [3.8, 4) is 0 Å². The third-order valence-electron chi connectivity index (χ3n) is 4.73. The number of thiophene rings is 1. The lowest BCUT2D eigenvalue weighted by Crippen LogP contribution is -2.15. The maximum absolute atomic E-state index is 13.4. The van der Waals surface area contributed by atoms with Crippen LogP contribution in [0.15, 0.2) is 54.0 Å². The van der Waals surface area contributed by atoms with E-state index in [-0.39, 0.29) is 5.82 Å². The molecular weight excluding hydrogens is 393 g/mol. The highest BCUT2D eigenvalue weighted by atomic mass is 35.5. The van der Waals surface area contributed by atoms with Crippen LogP contribution in [0.25, 0.3) is 21.0 Å². The molecule has 6 heteroatoms. The van der Waals surface area contributed by atoms with Gasteiger partial charge in [-0.3, -0.25) is 4.98 Å². The Labute approximate surface area is 172 Å². The van der Waals surface area contributed by atoms with Crippen LogP contribution in [0, 0.1) is 5.82 Å². The van der Waals surface area contributed by atoms with Gasteiger partial charge >= 0.3 is 0 Å². The van der Waals surface area contributed by atoms with E-state index in [9.17, 15) is 4.39 Å². The summed E-state index contributed by atoms with van der Waals surface area (Å²) in [5.41, 5.74) is 3.15. The van der Waals surface area contributed by atoms with Gasteiger partial charge in [0.05, 0.1) is 5.52 Å². The van der Waals surface area contributed by atoms with Crippen molar-refractivity contribution in [2.24, 2.45) is 0 Å². The summed E-state index contributed by atoms with van der Waals surface area (Å²) in [6.07, 6.45) is 3.93. The number of aromatic nitrogens is 1. The number of benzene rings is 2. The Morgan fingerprint density at radius 3 is 2.82 bits per heavy atom. The zero-order valence-corrected chi connectivity index (χ0v) is 16.9. The lowest BCUT2D eigenvalue weighted by Gasteiger charge is -2.10. The quantitative estimate of drug-likeness (QED) is 0.336.